The first-order valence-corrected chi connectivity index (χ1v) is 8.50. The lowest BCUT2D eigenvalue weighted by Gasteiger charge is -2.21. The van der Waals surface area contributed by atoms with Crippen molar-refractivity contribution in [3.05, 3.63) is 29.8 Å². The fourth-order valence-electron chi connectivity index (χ4n) is 2.89. The Morgan fingerprint density at radius 3 is 2.68 bits per heavy atom. The van der Waals surface area contributed by atoms with Crippen molar-refractivity contribution in [1.29, 1.82) is 0 Å². The van der Waals surface area contributed by atoms with E-state index in [4.69, 9.17) is 9.47 Å². The maximum absolute atomic E-state index is 12.0. The molecular formula is C18H28N4O3. The van der Waals surface area contributed by atoms with Gasteiger partial charge in [0.1, 0.15) is 5.75 Å². The molecule has 25 heavy (non-hydrogen) atoms. The Labute approximate surface area is 149 Å². The lowest BCUT2D eigenvalue weighted by molar-refractivity contribution is -0.120. The zero-order valence-electron chi connectivity index (χ0n) is 15.2. The molecule has 0 aliphatic carbocycles. The van der Waals surface area contributed by atoms with Crippen LogP contribution in [-0.2, 0) is 16.1 Å². The second kappa shape index (κ2) is 9.88. The van der Waals surface area contributed by atoms with Crippen LogP contribution in [0.1, 0.15) is 12.0 Å². The van der Waals surface area contributed by atoms with Crippen LogP contribution in [0.4, 0.5) is 0 Å². The molecule has 0 saturated carbocycles. The maximum Gasteiger partial charge on any atom is 0.239 e. The van der Waals surface area contributed by atoms with Crippen molar-refractivity contribution >= 4 is 11.9 Å². The number of aliphatic imine (C=N–C) groups is 1. The molecule has 1 atom stereocenters. The van der Waals surface area contributed by atoms with E-state index >= 15 is 0 Å². The molecular weight excluding hydrogens is 320 g/mol. The summed E-state index contributed by atoms with van der Waals surface area (Å²) in [5.74, 6) is 2.02. The van der Waals surface area contributed by atoms with Crippen LogP contribution in [0.2, 0.25) is 0 Å². The number of carbonyl (C=O) groups excluding carboxylic acids is 1. The zero-order chi connectivity index (χ0) is 18.1. The van der Waals surface area contributed by atoms with Gasteiger partial charge in [-0.15, -0.1) is 0 Å². The first kappa shape index (κ1) is 19.1. The van der Waals surface area contributed by atoms with Gasteiger partial charge in [0.25, 0.3) is 0 Å². The largest absolute Gasteiger partial charge is 0.497 e. The van der Waals surface area contributed by atoms with E-state index in [1.807, 2.05) is 24.3 Å². The van der Waals surface area contributed by atoms with Crippen molar-refractivity contribution in [1.82, 2.24) is 15.5 Å². The summed E-state index contributed by atoms with van der Waals surface area (Å²) in [7, 11) is 5.09. The highest BCUT2D eigenvalue weighted by atomic mass is 16.5. The summed E-state index contributed by atoms with van der Waals surface area (Å²) in [4.78, 5) is 18.5. The monoisotopic (exact) mass is 348 g/mol. The smallest absolute Gasteiger partial charge is 0.239 e. The van der Waals surface area contributed by atoms with Crippen molar-refractivity contribution < 1.29 is 14.3 Å². The number of hydrogen-bond acceptors (Lipinski definition) is 4. The summed E-state index contributed by atoms with van der Waals surface area (Å²) in [5.41, 5.74) is 1.03. The van der Waals surface area contributed by atoms with Gasteiger partial charge < -0.3 is 25.0 Å². The van der Waals surface area contributed by atoms with Crippen LogP contribution in [-0.4, -0.2) is 64.3 Å². The van der Waals surface area contributed by atoms with Crippen LogP contribution in [0.3, 0.4) is 0 Å². The van der Waals surface area contributed by atoms with Crippen LogP contribution in [0.25, 0.3) is 0 Å². The topological polar surface area (TPSA) is 75.2 Å². The number of benzene rings is 1. The fraction of sp³-hybridized carbons (Fsp3) is 0.556. The molecule has 0 aromatic heterocycles. The average molecular weight is 348 g/mol. The highest BCUT2D eigenvalue weighted by Crippen LogP contribution is 2.16. The first-order valence-electron chi connectivity index (χ1n) is 8.50. The predicted octanol–water partition coefficient (Wildman–Crippen LogP) is 0.855. The van der Waals surface area contributed by atoms with E-state index < -0.39 is 0 Å². The van der Waals surface area contributed by atoms with Crippen LogP contribution in [0, 0.1) is 5.92 Å². The third kappa shape index (κ3) is 5.94. The number of ether oxygens (including phenoxy) is 2. The lowest BCUT2D eigenvalue weighted by Crippen LogP contribution is -2.44. The summed E-state index contributed by atoms with van der Waals surface area (Å²) >= 11 is 0. The molecule has 1 amide bonds. The van der Waals surface area contributed by atoms with Crippen molar-refractivity contribution in [2.45, 2.75) is 13.0 Å². The minimum Gasteiger partial charge on any atom is -0.497 e. The van der Waals surface area contributed by atoms with Crippen LogP contribution < -0.4 is 15.4 Å². The van der Waals surface area contributed by atoms with E-state index in [1.165, 1.54) is 0 Å². The van der Waals surface area contributed by atoms with Gasteiger partial charge in [0.2, 0.25) is 5.91 Å². The van der Waals surface area contributed by atoms with Crippen LogP contribution >= 0.6 is 0 Å². The van der Waals surface area contributed by atoms with E-state index in [1.54, 1.807) is 21.3 Å². The van der Waals surface area contributed by atoms with Gasteiger partial charge in [-0.05, 0) is 24.1 Å². The van der Waals surface area contributed by atoms with Gasteiger partial charge >= 0.3 is 0 Å². The molecule has 7 heteroatoms. The van der Waals surface area contributed by atoms with E-state index in [0.717, 1.165) is 43.4 Å². The van der Waals surface area contributed by atoms with Crippen LogP contribution in [0.5, 0.6) is 5.75 Å². The fourth-order valence-corrected chi connectivity index (χ4v) is 2.89. The van der Waals surface area contributed by atoms with Gasteiger partial charge in [-0.3, -0.25) is 9.79 Å². The molecule has 0 radical (unpaired) electrons. The zero-order valence-corrected chi connectivity index (χ0v) is 15.2. The molecule has 1 heterocycles. The molecule has 1 saturated heterocycles. The minimum absolute atomic E-state index is 0.0652. The third-order valence-electron chi connectivity index (χ3n) is 4.26. The van der Waals surface area contributed by atoms with Gasteiger partial charge in [-0.1, -0.05) is 12.1 Å². The normalized spacial score (nSPS) is 17.5. The van der Waals surface area contributed by atoms with E-state index in [-0.39, 0.29) is 12.5 Å². The molecule has 1 fully saturated rings. The summed E-state index contributed by atoms with van der Waals surface area (Å²) in [6.07, 6.45) is 1.08. The molecule has 2 rings (SSSR count). The second-order valence-corrected chi connectivity index (χ2v) is 6.08. The number of carbonyl (C=O) groups is 1. The number of guanidine groups is 1. The maximum atomic E-state index is 12.0. The lowest BCUT2D eigenvalue weighted by atomic mass is 10.1. The van der Waals surface area contributed by atoms with Gasteiger partial charge in [0, 0.05) is 39.7 Å². The third-order valence-corrected chi connectivity index (χ3v) is 4.26. The Hall–Kier alpha value is -2.28. The molecule has 1 aliphatic heterocycles. The second-order valence-electron chi connectivity index (χ2n) is 6.08. The first-order chi connectivity index (χ1) is 12.2. The SMILES string of the molecule is CN=C(NCC(=O)NCc1ccc(OC)cc1)N1CCC(COC)C1. The van der Waals surface area contributed by atoms with Crippen molar-refractivity contribution in [2.75, 3.05) is 47.5 Å². The van der Waals surface area contributed by atoms with Gasteiger partial charge in [-0.25, -0.2) is 0 Å². The number of amides is 1. The summed E-state index contributed by atoms with van der Waals surface area (Å²) in [6, 6.07) is 7.63. The predicted molar refractivity (Wildman–Crippen MR) is 97.8 cm³/mol. The minimum atomic E-state index is -0.0652. The number of rotatable bonds is 7. The quantitative estimate of drug-likeness (QED) is 0.565. The number of methoxy groups -OCH3 is 2. The summed E-state index contributed by atoms with van der Waals surface area (Å²) in [6.45, 7) is 3.29. The Morgan fingerprint density at radius 1 is 1.28 bits per heavy atom. The highest BCUT2D eigenvalue weighted by Gasteiger charge is 2.24. The molecule has 7 nitrogen and oxygen atoms in total. The van der Waals surface area contributed by atoms with Crippen molar-refractivity contribution in [3.63, 3.8) is 0 Å². The molecule has 2 N–H and O–H groups in total. The standard InChI is InChI=1S/C18H28N4O3/c1-19-18(22-9-8-15(12-22)13-24-2)21-11-17(23)20-10-14-4-6-16(25-3)7-5-14/h4-7,15H,8-13H2,1-3H3,(H,19,21)(H,20,23). The molecule has 0 spiro atoms. The van der Waals surface area contributed by atoms with Gasteiger partial charge in [0.15, 0.2) is 5.96 Å². The summed E-state index contributed by atoms with van der Waals surface area (Å²) in [5, 5.41) is 6.03. The Balaban J connectivity index is 1.72. The number of likely N-dealkylation sites (tertiary alicyclic amines) is 1. The Bertz CT molecular complexity index is 574. The van der Waals surface area contributed by atoms with E-state index in [0.29, 0.717) is 12.5 Å². The Morgan fingerprint density at radius 2 is 2.04 bits per heavy atom. The molecule has 1 aliphatic rings. The van der Waals surface area contributed by atoms with Crippen molar-refractivity contribution in [3.8, 4) is 5.75 Å². The van der Waals surface area contributed by atoms with Gasteiger partial charge in [0.05, 0.1) is 20.3 Å². The Kier molecular flexibility index (Phi) is 7.53. The summed E-state index contributed by atoms with van der Waals surface area (Å²) < 4.78 is 10.3. The number of nitrogens with one attached hydrogen (secondary N) is 2. The number of nitrogens with zero attached hydrogens (tertiary/aromatic N) is 2. The van der Waals surface area contributed by atoms with Crippen LogP contribution in [0.15, 0.2) is 29.3 Å². The molecule has 138 valence electrons. The van der Waals surface area contributed by atoms with E-state index in [2.05, 4.69) is 20.5 Å². The van der Waals surface area contributed by atoms with Gasteiger partial charge in [-0.2, -0.15) is 0 Å². The number of hydrogen-bond donors (Lipinski definition) is 2. The van der Waals surface area contributed by atoms with E-state index in [9.17, 15) is 4.79 Å². The average Bonchev–Trinajstić information content (AvgIpc) is 3.09. The molecule has 0 bridgehead atoms. The molecule has 1 aromatic rings. The van der Waals surface area contributed by atoms with Crippen molar-refractivity contribution in [2.24, 2.45) is 10.9 Å². The molecule has 1 unspecified atom stereocenters. The molecule has 1 aromatic carbocycles. The highest BCUT2D eigenvalue weighted by molar-refractivity contribution is 5.86.